The SMILES string of the molecule is O=S(=O)(O)c1cn(CC2=NCCN2)c2cc(Br)ccc12. The lowest BCUT2D eigenvalue weighted by molar-refractivity contribution is 0.484. The van der Waals surface area contributed by atoms with E-state index < -0.39 is 10.1 Å². The monoisotopic (exact) mass is 357 g/mol. The van der Waals surface area contributed by atoms with Crippen molar-refractivity contribution in [1.29, 1.82) is 0 Å². The van der Waals surface area contributed by atoms with Crippen molar-refractivity contribution in [2.45, 2.75) is 11.4 Å². The molecule has 0 bridgehead atoms. The van der Waals surface area contributed by atoms with Crippen molar-refractivity contribution in [3.05, 3.63) is 28.9 Å². The van der Waals surface area contributed by atoms with Crippen LogP contribution in [0.3, 0.4) is 0 Å². The molecule has 0 amide bonds. The van der Waals surface area contributed by atoms with Gasteiger partial charge in [-0.1, -0.05) is 22.0 Å². The van der Waals surface area contributed by atoms with Crippen molar-refractivity contribution in [3.8, 4) is 0 Å². The van der Waals surface area contributed by atoms with Gasteiger partial charge in [-0.15, -0.1) is 0 Å². The number of aliphatic imine (C=N–C) groups is 1. The predicted octanol–water partition coefficient (Wildman–Crippen LogP) is 1.65. The minimum atomic E-state index is -4.25. The molecule has 3 rings (SSSR count). The van der Waals surface area contributed by atoms with Crippen LogP contribution >= 0.6 is 15.9 Å². The van der Waals surface area contributed by atoms with Gasteiger partial charge in [0.1, 0.15) is 10.7 Å². The molecular formula is C12H12BrN3O3S. The first-order chi connectivity index (χ1) is 9.45. The molecule has 0 unspecified atom stereocenters. The molecule has 0 aliphatic carbocycles. The van der Waals surface area contributed by atoms with Gasteiger partial charge in [-0.05, 0) is 12.1 Å². The fourth-order valence-electron chi connectivity index (χ4n) is 2.28. The third-order valence-electron chi connectivity index (χ3n) is 3.15. The van der Waals surface area contributed by atoms with Gasteiger partial charge in [-0.3, -0.25) is 9.55 Å². The molecule has 2 aromatic rings. The van der Waals surface area contributed by atoms with Crippen LogP contribution in [0.4, 0.5) is 0 Å². The first kappa shape index (κ1) is 13.6. The highest BCUT2D eigenvalue weighted by Gasteiger charge is 2.19. The van der Waals surface area contributed by atoms with E-state index in [0.717, 1.165) is 28.9 Å². The van der Waals surface area contributed by atoms with Crippen LogP contribution in [0, 0.1) is 0 Å². The summed E-state index contributed by atoms with van der Waals surface area (Å²) in [5.74, 6) is 0.809. The zero-order chi connectivity index (χ0) is 14.3. The first-order valence-corrected chi connectivity index (χ1v) is 8.21. The summed E-state index contributed by atoms with van der Waals surface area (Å²) in [6, 6.07) is 5.23. The average molecular weight is 358 g/mol. The summed E-state index contributed by atoms with van der Waals surface area (Å²) >= 11 is 3.37. The van der Waals surface area contributed by atoms with E-state index in [4.69, 9.17) is 0 Å². The Morgan fingerprint density at radius 1 is 1.45 bits per heavy atom. The lowest BCUT2D eigenvalue weighted by Crippen LogP contribution is -2.23. The van der Waals surface area contributed by atoms with Gasteiger partial charge >= 0.3 is 0 Å². The molecule has 2 N–H and O–H groups in total. The van der Waals surface area contributed by atoms with Crippen LogP contribution in [0.15, 0.2) is 38.8 Å². The quantitative estimate of drug-likeness (QED) is 0.818. The fraction of sp³-hybridized carbons (Fsp3) is 0.250. The topological polar surface area (TPSA) is 83.7 Å². The summed E-state index contributed by atoms with van der Waals surface area (Å²) in [6.07, 6.45) is 1.44. The second-order valence-electron chi connectivity index (χ2n) is 4.51. The molecule has 0 radical (unpaired) electrons. The van der Waals surface area contributed by atoms with E-state index in [9.17, 15) is 13.0 Å². The molecule has 106 valence electrons. The van der Waals surface area contributed by atoms with E-state index in [1.165, 1.54) is 6.20 Å². The summed E-state index contributed by atoms with van der Waals surface area (Å²) in [5.41, 5.74) is 0.725. The van der Waals surface area contributed by atoms with Crippen LogP contribution in [0.1, 0.15) is 0 Å². The smallest absolute Gasteiger partial charge is 0.296 e. The van der Waals surface area contributed by atoms with E-state index in [-0.39, 0.29) is 4.90 Å². The summed E-state index contributed by atoms with van der Waals surface area (Å²) in [6.45, 7) is 1.97. The van der Waals surface area contributed by atoms with E-state index >= 15 is 0 Å². The largest absolute Gasteiger partial charge is 0.370 e. The Morgan fingerprint density at radius 3 is 2.90 bits per heavy atom. The lowest BCUT2D eigenvalue weighted by atomic mass is 10.2. The van der Waals surface area contributed by atoms with Crippen molar-refractivity contribution in [1.82, 2.24) is 9.88 Å². The van der Waals surface area contributed by atoms with E-state index in [0.29, 0.717) is 11.9 Å². The van der Waals surface area contributed by atoms with Crippen molar-refractivity contribution >= 4 is 42.8 Å². The normalized spacial score (nSPS) is 15.4. The number of fused-ring (bicyclic) bond motifs is 1. The molecule has 0 spiro atoms. The number of benzene rings is 1. The van der Waals surface area contributed by atoms with Gasteiger partial charge in [-0.25, -0.2) is 0 Å². The Kier molecular flexibility index (Phi) is 3.31. The maximum atomic E-state index is 11.5. The second-order valence-corrected chi connectivity index (χ2v) is 6.82. The molecule has 2 heterocycles. The number of aromatic nitrogens is 1. The Morgan fingerprint density at radius 2 is 2.25 bits per heavy atom. The first-order valence-electron chi connectivity index (χ1n) is 5.98. The third kappa shape index (κ3) is 2.46. The van der Waals surface area contributed by atoms with Gasteiger partial charge in [-0.2, -0.15) is 8.42 Å². The highest BCUT2D eigenvalue weighted by molar-refractivity contribution is 9.10. The van der Waals surface area contributed by atoms with Gasteiger partial charge in [0.05, 0.1) is 18.6 Å². The van der Waals surface area contributed by atoms with E-state index in [1.807, 2.05) is 6.07 Å². The maximum Gasteiger partial charge on any atom is 0.296 e. The van der Waals surface area contributed by atoms with Crippen LogP contribution in [0.25, 0.3) is 10.9 Å². The third-order valence-corrected chi connectivity index (χ3v) is 4.52. The second kappa shape index (κ2) is 4.87. The van der Waals surface area contributed by atoms with E-state index in [1.54, 1.807) is 16.7 Å². The Labute approximate surface area is 124 Å². The molecule has 8 heteroatoms. The molecule has 1 aromatic heterocycles. The number of nitrogens with zero attached hydrogens (tertiary/aromatic N) is 2. The minimum Gasteiger partial charge on any atom is -0.370 e. The molecule has 0 fully saturated rings. The molecule has 0 saturated carbocycles. The number of hydrogen-bond donors (Lipinski definition) is 2. The zero-order valence-corrected chi connectivity index (χ0v) is 12.8. The Bertz CT molecular complexity index is 811. The summed E-state index contributed by atoms with van der Waals surface area (Å²) in [5, 5.41) is 3.63. The van der Waals surface area contributed by atoms with Crippen LogP contribution in [0.2, 0.25) is 0 Å². The number of rotatable bonds is 3. The molecule has 0 atom stereocenters. The van der Waals surface area contributed by atoms with Crippen LogP contribution in [0.5, 0.6) is 0 Å². The number of hydrogen-bond acceptors (Lipinski definition) is 4. The van der Waals surface area contributed by atoms with Crippen LogP contribution < -0.4 is 5.32 Å². The molecule has 0 saturated heterocycles. The average Bonchev–Trinajstić information content (AvgIpc) is 2.97. The van der Waals surface area contributed by atoms with Gasteiger partial charge < -0.3 is 9.88 Å². The molecule has 20 heavy (non-hydrogen) atoms. The van der Waals surface area contributed by atoms with Gasteiger partial charge in [0.2, 0.25) is 0 Å². The summed E-state index contributed by atoms with van der Waals surface area (Å²) < 4.78 is 34.9. The summed E-state index contributed by atoms with van der Waals surface area (Å²) in [7, 11) is -4.25. The van der Waals surface area contributed by atoms with Gasteiger partial charge in [0.25, 0.3) is 10.1 Å². The molecule has 1 aromatic carbocycles. The maximum absolute atomic E-state index is 11.5. The highest BCUT2D eigenvalue weighted by atomic mass is 79.9. The number of amidine groups is 1. The van der Waals surface area contributed by atoms with Crippen LogP contribution in [-0.4, -0.2) is 36.5 Å². The zero-order valence-electron chi connectivity index (χ0n) is 10.4. The molecule has 6 nitrogen and oxygen atoms in total. The van der Waals surface area contributed by atoms with Gasteiger partial charge in [0, 0.05) is 22.6 Å². The standard InChI is InChI=1S/C12H12BrN3O3S/c13-8-1-2-9-10(5-8)16(6-11(9)20(17,18)19)7-12-14-3-4-15-12/h1-2,5-6H,3-4,7H2,(H,14,15)(H,17,18,19). The van der Waals surface area contributed by atoms with E-state index in [2.05, 4.69) is 26.2 Å². The van der Waals surface area contributed by atoms with Gasteiger partial charge in [0.15, 0.2) is 0 Å². The molecule has 1 aliphatic rings. The van der Waals surface area contributed by atoms with Crippen molar-refractivity contribution in [2.24, 2.45) is 4.99 Å². The minimum absolute atomic E-state index is 0.0846. The summed E-state index contributed by atoms with van der Waals surface area (Å²) in [4.78, 5) is 4.21. The number of nitrogens with one attached hydrogen (secondary N) is 1. The predicted molar refractivity (Wildman–Crippen MR) is 79.8 cm³/mol. The Hall–Kier alpha value is -1.38. The molecular weight excluding hydrogens is 346 g/mol. The number of halogens is 1. The fourth-order valence-corrected chi connectivity index (χ4v) is 3.34. The van der Waals surface area contributed by atoms with Crippen molar-refractivity contribution in [2.75, 3.05) is 13.1 Å². The van der Waals surface area contributed by atoms with Crippen molar-refractivity contribution in [3.63, 3.8) is 0 Å². The van der Waals surface area contributed by atoms with Crippen LogP contribution in [-0.2, 0) is 16.7 Å². The highest BCUT2D eigenvalue weighted by Crippen LogP contribution is 2.28. The Balaban J connectivity index is 2.18. The lowest BCUT2D eigenvalue weighted by Gasteiger charge is -2.06. The van der Waals surface area contributed by atoms with Crippen molar-refractivity contribution < 1.29 is 13.0 Å². The molecule has 1 aliphatic heterocycles.